The van der Waals surface area contributed by atoms with Crippen LogP contribution in [0.4, 0.5) is 0 Å². The fourth-order valence-electron chi connectivity index (χ4n) is 5.28. The zero-order chi connectivity index (χ0) is 21.7. The van der Waals surface area contributed by atoms with Crippen LogP contribution in [0.5, 0.6) is 0 Å². The van der Waals surface area contributed by atoms with E-state index in [1.54, 1.807) is 6.33 Å². The van der Waals surface area contributed by atoms with Crippen LogP contribution in [0.2, 0.25) is 0 Å². The molecule has 2 aliphatic rings. The summed E-state index contributed by atoms with van der Waals surface area (Å²) in [5.74, 6) is 0.151. The average Bonchev–Trinajstić information content (AvgIpc) is 3.55. The number of para-hydroxylation sites is 1. The summed E-state index contributed by atoms with van der Waals surface area (Å²) >= 11 is 0. The zero-order valence-corrected chi connectivity index (χ0v) is 17.6. The lowest BCUT2D eigenvalue weighted by Crippen LogP contribution is -2.66. The number of hydrogen-bond acceptors (Lipinski definition) is 5. The van der Waals surface area contributed by atoms with Gasteiger partial charge in [-0.3, -0.25) is 4.79 Å². The van der Waals surface area contributed by atoms with Crippen molar-refractivity contribution in [2.75, 3.05) is 19.6 Å². The number of rotatable bonds is 4. The molecule has 2 N–H and O–H groups in total. The highest BCUT2D eigenvalue weighted by molar-refractivity contribution is 6.02. The van der Waals surface area contributed by atoms with E-state index in [-0.39, 0.29) is 11.9 Å². The molecule has 0 bridgehead atoms. The van der Waals surface area contributed by atoms with Gasteiger partial charge in [0.15, 0.2) is 0 Å². The molecule has 1 atom stereocenters. The summed E-state index contributed by atoms with van der Waals surface area (Å²) in [6.07, 6.45) is 7.81. The van der Waals surface area contributed by atoms with Crippen LogP contribution in [-0.4, -0.2) is 56.0 Å². The second-order valence-electron chi connectivity index (χ2n) is 8.79. The highest BCUT2D eigenvalue weighted by Crippen LogP contribution is 2.41. The van der Waals surface area contributed by atoms with E-state index in [0.29, 0.717) is 19.5 Å². The maximum atomic E-state index is 12.9. The van der Waals surface area contributed by atoms with Gasteiger partial charge in [0.2, 0.25) is 5.91 Å². The second kappa shape index (κ2) is 7.18. The molecule has 1 amide bonds. The number of carbonyl (C=O) groups excluding carboxylic acids is 1. The summed E-state index contributed by atoms with van der Waals surface area (Å²) in [6, 6.07) is 12.5. The normalized spacial score (nSPS) is 19.8. The Labute approximate surface area is 184 Å². The van der Waals surface area contributed by atoms with E-state index in [1.165, 1.54) is 0 Å². The molecular weight excluding hydrogens is 402 g/mol. The summed E-state index contributed by atoms with van der Waals surface area (Å²) < 4.78 is 2.20. The second-order valence-corrected chi connectivity index (χ2v) is 8.79. The van der Waals surface area contributed by atoms with E-state index in [2.05, 4.69) is 49.2 Å². The van der Waals surface area contributed by atoms with E-state index in [1.807, 2.05) is 29.3 Å². The number of likely N-dealkylation sites (tertiary alicyclic amines) is 1. The minimum Gasteiger partial charge on any atom is -0.346 e. The Bertz CT molecular complexity index is 1370. The molecule has 160 valence electrons. The van der Waals surface area contributed by atoms with Crippen LogP contribution in [0.15, 0.2) is 49.1 Å². The van der Waals surface area contributed by atoms with Crippen molar-refractivity contribution in [2.24, 2.45) is 0 Å². The first-order chi connectivity index (χ1) is 15.7. The minimum atomic E-state index is -0.439. The molecule has 2 saturated heterocycles. The van der Waals surface area contributed by atoms with E-state index in [9.17, 15) is 10.1 Å². The summed E-state index contributed by atoms with van der Waals surface area (Å²) in [5, 5.41) is 15.0. The van der Waals surface area contributed by atoms with Gasteiger partial charge < -0.3 is 19.8 Å². The fourth-order valence-corrected chi connectivity index (χ4v) is 5.28. The van der Waals surface area contributed by atoms with Crippen LogP contribution in [-0.2, 0) is 10.3 Å². The van der Waals surface area contributed by atoms with Gasteiger partial charge in [0.05, 0.1) is 29.8 Å². The highest BCUT2D eigenvalue weighted by atomic mass is 16.2. The standard InChI is InChI=1S/C24H23N7O/c25-9-8-24(13-30(14-24)23(32)19-5-3-10-26-19)31-12-18(16-4-1-2-6-20(16)31)21-17-7-11-27-22(17)29-15-28-21/h1-2,4,6-7,11-12,15,19,26H,3,5,8,10,13-14H2,(H,27,28,29). The van der Waals surface area contributed by atoms with Gasteiger partial charge in [-0.15, -0.1) is 0 Å². The highest BCUT2D eigenvalue weighted by Gasteiger charge is 2.48. The van der Waals surface area contributed by atoms with Gasteiger partial charge in [-0.2, -0.15) is 5.26 Å². The number of hydrogen-bond donors (Lipinski definition) is 2. The Balaban J connectivity index is 1.44. The van der Waals surface area contributed by atoms with Crippen LogP contribution in [0.3, 0.4) is 0 Å². The summed E-state index contributed by atoms with van der Waals surface area (Å²) in [7, 11) is 0. The smallest absolute Gasteiger partial charge is 0.239 e. The largest absolute Gasteiger partial charge is 0.346 e. The Morgan fingerprint density at radius 1 is 1.22 bits per heavy atom. The van der Waals surface area contributed by atoms with Gasteiger partial charge >= 0.3 is 0 Å². The summed E-state index contributed by atoms with van der Waals surface area (Å²) in [5.41, 5.74) is 3.27. The lowest BCUT2D eigenvalue weighted by atomic mass is 9.85. The first-order valence-electron chi connectivity index (χ1n) is 11.0. The maximum Gasteiger partial charge on any atom is 0.239 e. The third-order valence-corrected chi connectivity index (χ3v) is 6.88. The van der Waals surface area contributed by atoms with Crippen molar-refractivity contribution in [1.82, 2.24) is 29.7 Å². The Kier molecular flexibility index (Phi) is 4.26. The number of amides is 1. The quantitative estimate of drug-likeness (QED) is 0.523. The van der Waals surface area contributed by atoms with Crippen LogP contribution in [0.1, 0.15) is 19.3 Å². The summed E-state index contributed by atoms with van der Waals surface area (Å²) in [4.78, 5) is 26.9. The van der Waals surface area contributed by atoms with Crippen LogP contribution in [0, 0.1) is 11.3 Å². The lowest BCUT2D eigenvalue weighted by molar-refractivity contribution is -0.143. The molecular formula is C24H23N7O. The molecule has 0 saturated carbocycles. The molecule has 4 aromatic rings. The van der Waals surface area contributed by atoms with Crippen LogP contribution >= 0.6 is 0 Å². The number of H-pyrrole nitrogens is 1. The third-order valence-electron chi connectivity index (χ3n) is 6.88. The number of carbonyl (C=O) groups is 1. The number of fused-ring (bicyclic) bond motifs is 2. The zero-order valence-electron chi connectivity index (χ0n) is 17.6. The predicted octanol–water partition coefficient (Wildman–Crippen LogP) is 2.78. The number of nitrogens with zero attached hydrogens (tertiary/aromatic N) is 5. The molecule has 8 heteroatoms. The van der Waals surface area contributed by atoms with Gasteiger partial charge in [-0.05, 0) is 31.5 Å². The molecule has 32 heavy (non-hydrogen) atoms. The van der Waals surface area contributed by atoms with E-state index < -0.39 is 5.54 Å². The third kappa shape index (κ3) is 2.75. The van der Waals surface area contributed by atoms with Crippen molar-refractivity contribution in [3.05, 3.63) is 49.1 Å². The van der Waals surface area contributed by atoms with Crippen LogP contribution < -0.4 is 5.32 Å². The van der Waals surface area contributed by atoms with Crippen molar-refractivity contribution >= 4 is 27.8 Å². The molecule has 1 unspecified atom stereocenters. The molecule has 2 aliphatic heterocycles. The van der Waals surface area contributed by atoms with Crippen molar-refractivity contribution in [3.8, 4) is 17.3 Å². The SMILES string of the molecule is N#CCC1(n2cc(-c3ncnc4[nH]ccc34)c3ccccc32)CN(C(=O)C2CCCN2)C1. The molecule has 0 spiro atoms. The first kappa shape index (κ1) is 19.0. The minimum absolute atomic E-state index is 0.0880. The molecule has 0 radical (unpaired) electrons. The van der Waals surface area contributed by atoms with E-state index in [0.717, 1.165) is 52.6 Å². The predicted molar refractivity (Wildman–Crippen MR) is 121 cm³/mol. The number of nitriles is 1. The first-order valence-corrected chi connectivity index (χ1v) is 11.0. The monoisotopic (exact) mass is 425 g/mol. The Morgan fingerprint density at radius 3 is 2.91 bits per heavy atom. The van der Waals surface area contributed by atoms with Gasteiger partial charge in [0.1, 0.15) is 12.0 Å². The molecule has 6 rings (SSSR count). The van der Waals surface area contributed by atoms with Crippen molar-refractivity contribution < 1.29 is 4.79 Å². The lowest BCUT2D eigenvalue weighted by Gasteiger charge is -2.51. The van der Waals surface area contributed by atoms with Crippen molar-refractivity contribution in [3.63, 3.8) is 0 Å². The van der Waals surface area contributed by atoms with Gasteiger partial charge in [-0.25, -0.2) is 9.97 Å². The topological polar surface area (TPSA) is 103 Å². The van der Waals surface area contributed by atoms with Gasteiger partial charge in [0, 0.05) is 47.3 Å². The molecule has 0 aliphatic carbocycles. The summed E-state index contributed by atoms with van der Waals surface area (Å²) in [6.45, 7) is 1.98. The van der Waals surface area contributed by atoms with E-state index in [4.69, 9.17) is 0 Å². The van der Waals surface area contributed by atoms with Gasteiger partial charge in [0.25, 0.3) is 0 Å². The number of nitrogens with one attached hydrogen (secondary N) is 2. The van der Waals surface area contributed by atoms with Crippen molar-refractivity contribution in [2.45, 2.75) is 30.8 Å². The average molecular weight is 425 g/mol. The number of aromatic nitrogens is 4. The molecule has 3 aromatic heterocycles. The molecule has 5 heterocycles. The molecule has 2 fully saturated rings. The fraction of sp³-hybridized carbons (Fsp3) is 0.333. The molecule has 8 nitrogen and oxygen atoms in total. The maximum absolute atomic E-state index is 12.9. The number of benzene rings is 1. The Morgan fingerprint density at radius 2 is 2.09 bits per heavy atom. The van der Waals surface area contributed by atoms with Gasteiger partial charge in [-0.1, -0.05) is 18.2 Å². The van der Waals surface area contributed by atoms with Crippen molar-refractivity contribution in [1.29, 1.82) is 5.26 Å². The number of aromatic amines is 1. The molecule has 1 aromatic carbocycles. The Hall–Kier alpha value is -3.70. The van der Waals surface area contributed by atoms with E-state index >= 15 is 0 Å². The van der Waals surface area contributed by atoms with Crippen LogP contribution in [0.25, 0.3) is 33.2 Å².